The Morgan fingerprint density at radius 1 is 1.14 bits per heavy atom. The van der Waals surface area contributed by atoms with Crippen LogP contribution in [0, 0.1) is 5.41 Å². The molecule has 0 unspecified atom stereocenters. The quantitative estimate of drug-likeness (QED) is 0.853. The Balaban J connectivity index is 1.80. The van der Waals surface area contributed by atoms with E-state index in [4.69, 9.17) is 0 Å². The van der Waals surface area contributed by atoms with E-state index in [0.717, 1.165) is 43.1 Å². The van der Waals surface area contributed by atoms with E-state index in [0.29, 0.717) is 0 Å². The zero-order valence-electron chi connectivity index (χ0n) is 13.5. The van der Waals surface area contributed by atoms with Crippen LogP contribution in [0.1, 0.15) is 44.9 Å². The van der Waals surface area contributed by atoms with Crippen LogP contribution in [0.5, 0.6) is 0 Å². The first-order valence-corrected chi connectivity index (χ1v) is 7.69. The van der Waals surface area contributed by atoms with Gasteiger partial charge in [-0.05, 0) is 29.5 Å². The lowest BCUT2D eigenvalue weighted by atomic mass is 9.92. The molecule has 1 aromatic carbocycles. The minimum absolute atomic E-state index is 0.232. The molecule has 1 aromatic heterocycles. The molecule has 114 valence electrons. The van der Waals surface area contributed by atoms with Gasteiger partial charge in [-0.3, -0.25) is 5.10 Å². The fourth-order valence-corrected chi connectivity index (χ4v) is 2.20. The van der Waals surface area contributed by atoms with Gasteiger partial charge in [0.1, 0.15) is 5.82 Å². The summed E-state index contributed by atoms with van der Waals surface area (Å²) >= 11 is 0. The normalized spacial score (nSPS) is 11.6. The molecule has 0 fully saturated rings. The summed E-state index contributed by atoms with van der Waals surface area (Å²) < 4.78 is 0. The molecule has 1 heterocycles. The van der Waals surface area contributed by atoms with Crippen molar-refractivity contribution in [3.05, 3.63) is 41.5 Å². The Morgan fingerprint density at radius 3 is 2.48 bits per heavy atom. The van der Waals surface area contributed by atoms with Crippen molar-refractivity contribution in [3.63, 3.8) is 0 Å². The summed E-state index contributed by atoms with van der Waals surface area (Å²) in [5.41, 5.74) is 2.75. The van der Waals surface area contributed by atoms with E-state index in [1.54, 1.807) is 0 Å². The molecule has 0 aliphatic heterocycles. The van der Waals surface area contributed by atoms with Crippen LogP contribution >= 0.6 is 0 Å². The zero-order chi connectivity index (χ0) is 15.3. The predicted octanol–water partition coefficient (Wildman–Crippen LogP) is 3.61. The maximum atomic E-state index is 4.55. The monoisotopic (exact) mass is 286 g/mol. The van der Waals surface area contributed by atoms with Crippen LogP contribution in [0.25, 0.3) is 0 Å². The van der Waals surface area contributed by atoms with Crippen molar-refractivity contribution < 1.29 is 0 Å². The number of nitrogens with zero attached hydrogens (tertiary/aromatic N) is 2. The van der Waals surface area contributed by atoms with Crippen LogP contribution in [-0.4, -0.2) is 21.7 Å². The summed E-state index contributed by atoms with van der Waals surface area (Å²) in [6.45, 7) is 9.63. The molecule has 21 heavy (non-hydrogen) atoms. The highest BCUT2D eigenvalue weighted by atomic mass is 15.2. The van der Waals surface area contributed by atoms with E-state index in [9.17, 15) is 0 Å². The molecule has 4 nitrogen and oxygen atoms in total. The molecule has 0 amide bonds. The van der Waals surface area contributed by atoms with Crippen molar-refractivity contribution in [1.82, 2.24) is 15.2 Å². The topological polar surface area (TPSA) is 53.6 Å². The van der Waals surface area contributed by atoms with E-state index in [1.165, 1.54) is 5.56 Å². The fraction of sp³-hybridized carbons (Fsp3) is 0.529. The lowest BCUT2D eigenvalue weighted by Gasteiger charge is -2.15. The first-order chi connectivity index (χ1) is 9.96. The van der Waals surface area contributed by atoms with Gasteiger partial charge < -0.3 is 5.32 Å². The van der Waals surface area contributed by atoms with Gasteiger partial charge >= 0.3 is 0 Å². The first-order valence-electron chi connectivity index (χ1n) is 7.69. The highest BCUT2D eigenvalue weighted by Crippen LogP contribution is 2.18. The van der Waals surface area contributed by atoms with Crippen LogP contribution in [-0.2, 0) is 19.3 Å². The molecular weight excluding hydrogens is 260 g/mol. The molecule has 0 saturated carbocycles. The Hall–Kier alpha value is -1.84. The second-order valence-electron chi connectivity index (χ2n) is 6.66. The molecule has 0 atom stereocenters. The third-order valence-corrected chi connectivity index (χ3v) is 3.32. The fourth-order valence-electron chi connectivity index (χ4n) is 2.20. The molecule has 0 saturated heterocycles. The third kappa shape index (κ3) is 5.21. The zero-order valence-corrected chi connectivity index (χ0v) is 13.5. The molecule has 0 spiro atoms. The molecule has 2 rings (SSSR count). The minimum Gasteiger partial charge on any atom is -0.385 e. The van der Waals surface area contributed by atoms with Gasteiger partial charge in [0, 0.05) is 25.1 Å². The number of H-pyrrole nitrogens is 1. The van der Waals surface area contributed by atoms with Gasteiger partial charge in [0.25, 0.3) is 0 Å². The molecule has 0 radical (unpaired) electrons. The van der Waals surface area contributed by atoms with Crippen LogP contribution in [0.2, 0.25) is 0 Å². The minimum atomic E-state index is 0.232. The molecular formula is C17H26N4. The van der Waals surface area contributed by atoms with Gasteiger partial charge in [0.15, 0.2) is 5.82 Å². The Labute approximate surface area is 127 Å². The van der Waals surface area contributed by atoms with Crippen molar-refractivity contribution in [3.8, 4) is 0 Å². The predicted molar refractivity (Wildman–Crippen MR) is 87.6 cm³/mol. The van der Waals surface area contributed by atoms with Gasteiger partial charge in [-0.25, -0.2) is 4.98 Å². The number of hydrogen-bond acceptors (Lipinski definition) is 3. The highest BCUT2D eigenvalue weighted by molar-refractivity contribution is 5.44. The number of nitrogens with one attached hydrogen (secondary N) is 2. The smallest absolute Gasteiger partial charge is 0.152 e. The molecule has 2 aromatic rings. The van der Waals surface area contributed by atoms with Crippen molar-refractivity contribution in [2.24, 2.45) is 5.41 Å². The van der Waals surface area contributed by atoms with Gasteiger partial charge in [-0.2, -0.15) is 5.10 Å². The molecule has 0 aliphatic rings. The standard InChI is InChI=1S/C17H26N4/c1-5-13-6-8-14(9-7-13)18-11-10-15-19-16(21-20-15)12-17(2,3)4/h6-9,18H,5,10-12H2,1-4H3,(H,19,20,21). The number of rotatable bonds is 6. The summed E-state index contributed by atoms with van der Waals surface area (Å²) in [6, 6.07) is 8.58. The Morgan fingerprint density at radius 2 is 1.86 bits per heavy atom. The van der Waals surface area contributed by atoms with Gasteiger partial charge in [-0.15, -0.1) is 0 Å². The number of aryl methyl sites for hydroxylation is 1. The average Bonchev–Trinajstić information content (AvgIpc) is 2.85. The lowest BCUT2D eigenvalue weighted by Crippen LogP contribution is -2.10. The lowest BCUT2D eigenvalue weighted by molar-refractivity contribution is 0.401. The molecule has 0 aliphatic carbocycles. The number of benzene rings is 1. The van der Waals surface area contributed by atoms with Crippen molar-refractivity contribution in [2.45, 2.75) is 47.0 Å². The maximum Gasteiger partial charge on any atom is 0.152 e. The van der Waals surface area contributed by atoms with Crippen LogP contribution in [0.4, 0.5) is 5.69 Å². The van der Waals surface area contributed by atoms with E-state index in [2.05, 4.69) is 72.5 Å². The number of anilines is 1. The molecule has 2 N–H and O–H groups in total. The average molecular weight is 286 g/mol. The second kappa shape index (κ2) is 6.74. The number of aromatic nitrogens is 3. The van der Waals surface area contributed by atoms with Gasteiger partial charge in [-0.1, -0.05) is 39.8 Å². The van der Waals surface area contributed by atoms with E-state index in [1.807, 2.05) is 0 Å². The SMILES string of the molecule is CCc1ccc(NCCc2n[nH]c(CC(C)(C)C)n2)cc1. The summed E-state index contributed by atoms with van der Waals surface area (Å²) in [6.07, 6.45) is 2.83. The van der Waals surface area contributed by atoms with Crippen LogP contribution < -0.4 is 5.32 Å². The van der Waals surface area contributed by atoms with E-state index < -0.39 is 0 Å². The summed E-state index contributed by atoms with van der Waals surface area (Å²) in [5, 5.41) is 10.7. The molecule has 0 bridgehead atoms. The largest absolute Gasteiger partial charge is 0.385 e. The van der Waals surface area contributed by atoms with Crippen LogP contribution in [0.15, 0.2) is 24.3 Å². The van der Waals surface area contributed by atoms with Crippen molar-refractivity contribution in [2.75, 3.05) is 11.9 Å². The van der Waals surface area contributed by atoms with E-state index in [-0.39, 0.29) is 5.41 Å². The second-order valence-corrected chi connectivity index (χ2v) is 6.66. The Bertz CT molecular complexity index is 549. The van der Waals surface area contributed by atoms with Gasteiger partial charge in [0.05, 0.1) is 0 Å². The van der Waals surface area contributed by atoms with E-state index >= 15 is 0 Å². The molecule has 4 heteroatoms. The third-order valence-electron chi connectivity index (χ3n) is 3.32. The van der Waals surface area contributed by atoms with Crippen molar-refractivity contribution >= 4 is 5.69 Å². The van der Waals surface area contributed by atoms with Crippen LogP contribution in [0.3, 0.4) is 0 Å². The number of aromatic amines is 1. The first kappa shape index (κ1) is 15.5. The maximum absolute atomic E-state index is 4.55. The highest BCUT2D eigenvalue weighted by Gasteiger charge is 2.14. The Kier molecular flexibility index (Phi) is 4.99. The van der Waals surface area contributed by atoms with Crippen molar-refractivity contribution in [1.29, 1.82) is 0 Å². The summed E-state index contributed by atoms with van der Waals surface area (Å²) in [7, 11) is 0. The van der Waals surface area contributed by atoms with Gasteiger partial charge in [0.2, 0.25) is 0 Å². The summed E-state index contributed by atoms with van der Waals surface area (Å²) in [4.78, 5) is 4.55. The number of hydrogen-bond donors (Lipinski definition) is 2. The summed E-state index contributed by atoms with van der Waals surface area (Å²) in [5.74, 6) is 1.86.